The molecule has 0 unspecified atom stereocenters. The zero-order valence-electron chi connectivity index (χ0n) is 11.2. The molecule has 1 saturated carbocycles. The van der Waals surface area contributed by atoms with Gasteiger partial charge in [0.05, 0.1) is 24.0 Å². The molecule has 0 saturated heterocycles. The zero-order valence-corrected chi connectivity index (χ0v) is 12.0. The minimum absolute atomic E-state index is 0.0820. The molecular formula is C14H18N2O3S. The summed E-state index contributed by atoms with van der Waals surface area (Å²) in [7, 11) is -3.35. The van der Waals surface area contributed by atoms with Gasteiger partial charge in [-0.3, -0.25) is 0 Å². The van der Waals surface area contributed by atoms with E-state index in [0.717, 1.165) is 6.61 Å². The summed E-state index contributed by atoms with van der Waals surface area (Å²) in [6, 6.07) is 8.54. The van der Waals surface area contributed by atoms with Gasteiger partial charge in [-0.05, 0) is 36.5 Å². The number of benzene rings is 1. The largest absolute Gasteiger partial charge is 0.380 e. The summed E-state index contributed by atoms with van der Waals surface area (Å²) >= 11 is 0. The number of hydrogen-bond donors (Lipinski definition) is 1. The van der Waals surface area contributed by atoms with Crippen LogP contribution < -0.4 is 4.72 Å². The van der Waals surface area contributed by atoms with Crippen LogP contribution in [0.5, 0.6) is 0 Å². The third-order valence-corrected chi connectivity index (χ3v) is 4.42. The van der Waals surface area contributed by atoms with Crippen LogP contribution in [0.1, 0.15) is 24.0 Å². The van der Waals surface area contributed by atoms with Crippen molar-refractivity contribution in [2.24, 2.45) is 5.92 Å². The summed E-state index contributed by atoms with van der Waals surface area (Å²) in [5.41, 5.74) is 1.18. The molecule has 1 aliphatic rings. The van der Waals surface area contributed by atoms with E-state index in [9.17, 15) is 8.42 Å². The van der Waals surface area contributed by atoms with E-state index < -0.39 is 10.0 Å². The maximum absolute atomic E-state index is 11.8. The van der Waals surface area contributed by atoms with Crippen molar-refractivity contribution in [3.63, 3.8) is 0 Å². The van der Waals surface area contributed by atoms with Crippen LogP contribution >= 0.6 is 0 Å². The molecule has 108 valence electrons. The Kier molecular flexibility index (Phi) is 5.12. The van der Waals surface area contributed by atoms with E-state index in [4.69, 9.17) is 10.00 Å². The molecule has 1 aliphatic carbocycles. The highest BCUT2D eigenvalue weighted by molar-refractivity contribution is 7.88. The maximum Gasteiger partial charge on any atom is 0.215 e. The van der Waals surface area contributed by atoms with Gasteiger partial charge in [0.25, 0.3) is 0 Å². The second-order valence-electron chi connectivity index (χ2n) is 4.98. The second kappa shape index (κ2) is 6.84. The molecule has 0 bridgehead atoms. The van der Waals surface area contributed by atoms with Crippen molar-refractivity contribution in [1.82, 2.24) is 4.72 Å². The number of nitrogens with zero attached hydrogens (tertiary/aromatic N) is 1. The number of nitrogens with one attached hydrogen (secondary N) is 1. The van der Waals surface area contributed by atoms with Gasteiger partial charge in [0.1, 0.15) is 0 Å². The Labute approximate surface area is 119 Å². The van der Waals surface area contributed by atoms with Gasteiger partial charge in [-0.15, -0.1) is 0 Å². The quantitative estimate of drug-likeness (QED) is 0.735. The lowest BCUT2D eigenvalue weighted by atomic mass is 10.2. The predicted molar refractivity (Wildman–Crippen MR) is 75.3 cm³/mol. The molecule has 20 heavy (non-hydrogen) atoms. The Hall–Kier alpha value is -1.42. The van der Waals surface area contributed by atoms with Crippen LogP contribution in [0.4, 0.5) is 0 Å². The molecular weight excluding hydrogens is 276 g/mol. The Bertz CT molecular complexity index is 571. The van der Waals surface area contributed by atoms with Crippen molar-refractivity contribution in [2.45, 2.75) is 18.6 Å². The van der Waals surface area contributed by atoms with Gasteiger partial charge in [-0.25, -0.2) is 13.1 Å². The van der Waals surface area contributed by atoms with Gasteiger partial charge in [0, 0.05) is 13.2 Å². The van der Waals surface area contributed by atoms with Crippen LogP contribution in [-0.4, -0.2) is 28.2 Å². The topological polar surface area (TPSA) is 79.2 Å². The molecule has 6 heteroatoms. The summed E-state index contributed by atoms with van der Waals surface area (Å²) < 4.78 is 31.5. The SMILES string of the molecule is N#Cc1ccc(CS(=O)(=O)NCCOCC2CC2)cc1. The maximum atomic E-state index is 11.8. The van der Waals surface area contributed by atoms with Crippen LogP contribution in [0.3, 0.4) is 0 Å². The molecule has 0 heterocycles. The normalized spacial score (nSPS) is 14.9. The zero-order chi connectivity index (χ0) is 14.4. The first-order valence-electron chi connectivity index (χ1n) is 6.63. The van der Waals surface area contributed by atoms with Crippen molar-refractivity contribution in [3.05, 3.63) is 35.4 Å². The molecule has 5 nitrogen and oxygen atoms in total. The van der Waals surface area contributed by atoms with Gasteiger partial charge in [0.15, 0.2) is 0 Å². The molecule has 0 amide bonds. The lowest BCUT2D eigenvalue weighted by Crippen LogP contribution is -2.28. The van der Waals surface area contributed by atoms with Crippen molar-refractivity contribution in [3.8, 4) is 6.07 Å². The number of rotatable bonds is 8. The molecule has 2 rings (SSSR count). The standard InChI is InChI=1S/C14H18N2O3S/c15-9-12-1-5-14(6-2-12)11-20(17,18)16-7-8-19-10-13-3-4-13/h1-2,5-6,13,16H,3-4,7-8,10-11H2. The van der Waals surface area contributed by atoms with Gasteiger partial charge in [-0.2, -0.15) is 5.26 Å². The highest BCUT2D eigenvalue weighted by Gasteiger charge is 2.21. The van der Waals surface area contributed by atoms with Crippen molar-refractivity contribution in [2.75, 3.05) is 19.8 Å². The Morgan fingerprint density at radius 3 is 2.60 bits per heavy atom. The van der Waals surface area contributed by atoms with Crippen molar-refractivity contribution < 1.29 is 13.2 Å². The summed E-state index contributed by atoms with van der Waals surface area (Å²) in [6.45, 7) is 1.44. The minimum atomic E-state index is -3.35. The number of sulfonamides is 1. The molecule has 1 aromatic rings. The molecule has 0 spiro atoms. The second-order valence-corrected chi connectivity index (χ2v) is 6.79. The van der Waals surface area contributed by atoms with Gasteiger partial charge in [0.2, 0.25) is 10.0 Å². The van der Waals surface area contributed by atoms with Crippen LogP contribution in [0, 0.1) is 17.2 Å². The molecule has 0 aromatic heterocycles. The van der Waals surface area contributed by atoms with E-state index in [1.165, 1.54) is 12.8 Å². The lowest BCUT2D eigenvalue weighted by Gasteiger charge is -2.07. The smallest absolute Gasteiger partial charge is 0.215 e. The van der Waals surface area contributed by atoms with Crippen LogP contribution in [0.15, 0.2) is 24.3 Å². The summed E-state index contributed by atoms with van der Waals surface area (Å²) in [5, 5.41) is 8.68. The number of hydrogen-bond acceptors (Lipinski definition) is 4. The fraction of sp³-hybridized carbons (Fsp3) is 0.500. The predicted octanol–water partition coefficient (Wildman–Crippen LogP) is 1.40. The van der Waals surface area contributed by atoms with Crippen molar-refractivity contribution in [1.29, 1.82) is 5.26 Å². The molecule has 1 fully saturated rings. The molecule has 0 aliphatic heterocycles. The Morgan fingerprint density at radius 2 is 2.00 bits per heavy atom. The average molecular weight is 294 g/mol. The van der Waals surface area contributed by atoms with E-state index >= 15 is 0 Å². The Morgan fingerprint density at radius 1 is 1.30 bits per heavy atom. The van der Waals surface area contributed by atoms with E-state index in [0.29, 0.717) is 30.2 Å². The molecule has 0 radical (unpaired) electrons. The highest BCUT2D eigenvalue weighted by atomic mass is 32.2. The van der Waals surface area contributed by atoms with Crippen molar-refractivity contribution >= 4 is 10.0 Å². The average Bonchev–Trinajstić information content (AvgIpc) is 3.23. The van der Waals surface area contributed by atoms with E-state index in [2.05, 4.69) is 4.72 Å². The summed E-state index contributed by atoms with van der Waals surface area (Å²) in [4.78, 5) is 0. The Balaban J connectivity index is 1.72. The monoisotopic (exact) mass is 294 g/mol. The lowest BCUT2D eigenvalue weighted by molar-refractivity contribution is 0.129. The van der Waals surface area contributed by atoms with E-state index in [-0.39, 0.29) is 5.75 Å². The van der Waals surface area contributed by atoms with Crippen LogP contribution in [0.2, 0.25) is 0 Å². The first kappa shape index (κ1) is 15.0. The van der Waals surface area contributed by atoms with Crippen LogP contribution in [0.25, 0.3) is 0 Å². The van der Waals surface area contributed by atoms with Gasteiger partial charge in [-0.1, -0.05) is 12.1 Å². The summed E-state index contributed by atoms with van der Waals surface area (Å²) in [5.74, 6) is 0.603. The highest BCUT2D eigenvalue weighted by Crippen LogP contribution is 2.28. The minimum Gasteiger partial charge on any atom is -0.380 e. The summed E-state index contributed by atoms with van der Waals surface area (Å²) in [6.07, 6.45) is 2.45. The number of nitriles is 1. The van der Waals surface area contributed by atoms with E-state index in [1.54, 1.807) is 24.3 Å². The van der Waals surface area contributed by atoms with E-state index in [1.807, 2.05) is 6.07 Å². The van der Waals surface area contributed by atoms with Gasteiger partial charge >= 0.3 is 0 Å². The third kappa shape index (κ3) is 5.29. The van der Waals surface area contributed by atoms with Gasteiger partial charge < -0.3 is 4.74 Å². The first-order valence-corrected chi connectivity index (χ1v) is 8.28. The molecule has 1 aromatic carbocycles. The molecule has 0 atom stereocenters. The molecule has 1 N–H and O–H groups in total. The third-order valence-electron chi connectivity index (χ3n) is 3.06. The fourth-order valence-corrected chi connectivity index (χ4v) is 2.88. The fourth-order valence-electron chi connectivity index (χ4n) is 1.75. The first-order chi connectivity index (χ1) is 9.59. The number of ether oxygens (including phenoxy) is 1. The van der Waals surface area contributed by atoms with Crippen LogP contribution in [-0.2, 0) is 20.5 Å².